The zero-order valence-electron chi connectivity index (χ0n) is 36.6. The molecule has 1 unspecified atom stereocenters. The van der Waals surface area contributed by atoms with Crippen molar-refractivity contribution in [3.63, 3.8) is 0 Å². The SMILES string of the molecule is C.C.CC(C)Cc1ncoc1CN1CC[C@]2(CC(C)S(=O)(=O)N2c2cccc(F)c2)C[C@@H]1C.CC(C)Cc1ncoc1CN1CC[C@]2(CCS(=O)(=O)N2c2cccc(F)c2)C[C@@H]1C. The minimum atomic E-state index is -3.54. The van der Waals surface area contributed by atoms with Gasteiger partial charge in [-0.2, -0.15) is 0 Å². The Balaban J connectivity index is 0.000000230. The van der Waals surface area contributed by atoms with Gasteiger partial charge >= 0.3 is 0 Å². The van der Waals surface area contributed by atoms with Gasteiger partial charge in [-0.3, -0.25) is 18.4 Å². The number of sulfonamides is 2. The van der Waals surface area contributed by atoms with E-state index in [1.54, 1.807) is 31.2 Å². The van der Waals surface area contributed by atoms with Crippen molar-refractivity contribution in [3.05, 3.63) is 95.9 Å². The Morgan fingerprint density at radius 2 is 1.14 bits per heavy atom. The minimum Gasteiger partial charge on any atom is -0.447 e. The lowest BCUT2D eigenvalue weighted by Crippen LogP contribution is -2.56. The molecule has 4 fully saturated rings. The van der Waals surface area contributed by atoms with Crippen molar-refractivity contribution in [2.75, 3.05) is 27.5 Å². The summed E-state index contributed by atoms with van der Waals surface area (Å²) in [6.45, 7) is 17.5. The number of nitrogens with zero attached hydrogens (tertiary/aromatic N) is 6. The minimum absolute atomic E-state index is 0. The van der Waals surface area contributed by atoms with Crippen LogP contribution in [0.5, 0.6) is 0 Å². The molecule has 0 aliphatic carbocycles. The molecule has 6 heterocycles. The molecule has 16 heteroatoms. The van der Waals surface area contributed by atoms with Crippen LogP contribution < -0.4 is 8.61 Å². The normalized spacial score (nSPS) is 26.8. The van der Waals surface area contributed by atoms with Crippen LogP contribution in [0.3, 0.4) is 0 Å². The van der Waals surface area contributed by atoms with E-state index in [9.17, 15) is 25.6 Å². The number of piperidine rings is 2. The van der Waals surface area contributed by atoms with Gasteiger partial charge < -0.3 is 8.83 Å². The fraction of sp³-hybridized carbons (Fsp3) is 0.617. The van der Waals surface area contributed by atoms with Crippen LogP contribution in [0.1, 0.15) is 125 Å². The molecular weight excluding hydrogens is 847 g/mol. The third-order valence-corrected chi connectivity index (χ3v) is 17.3. The molecule has 0 saturated carbocycles. The van der Waals surface area contributed by atoms with E-state index >= 15 is 0 Å². The Bertz CT molecular complexity index is 2370. The quantitative estimate of drug-likeness (QED) is 0.152. The van der Waals surface area contributed by atoms with Gasteiger partial charge in [0.2, 0.25) is 20.0 Å². The first-order valence-corrected chi connectivity index (χ1v) is 24.8. The van der Waals surface area contributed by atoms with Gasteiger partial charge in [-0.1, -0.05) is 54.7 Å². The summed E-state index contributed by atoms with van der Waals surface area (Å²) in [7, 11) is -6.99. The van der Waals surface area contributed by atoms with Crippen molar-refractivity contribution in [3.8, 4) is 0 Å². The topological polar surface area (TPSA) is 133 Å². The van der Waals surface area contributed by atoms with Crippen LogP contribution in [0.25, 0.3) is 0 Å². The zero-order chi connectivity index (χ0) is 43.9. The molecule has 4 aliphatic heterocycles. The maximum atomic E-state index is 14.0. The molecule has 4 saturated heterocycles. The van der Waals surface area contributed by atoms with Crippen LogP contribution in [0.4, 0.5) is 20.2 Å². The van der Waals surface area contributed by atoms with Crippen molar-refractivity contribution >= 4 is 31.4 Å². The number of benzene rings is 2. The summed E-state index contributed by atoms with van der Waals surface area (Å²) < 4.78 is 94.5. The van der Waals surface area contributed by atoms with Crippen LogP contribution in [-0.2, 0) is 46.0 Å². The maximum absolute atomic E-state index is 14.0. The number of anilines is 2. The largest absolute Gasteiger partial charge is 0.447 e. The van der Waals surface area contributed by atoms with Gasteiger partial charge in [-0.25, -0.2) is 35.6 Å². The van der Waals surface area contributed by atoms with E-state index in [1.165, 1.54) is 45.7 Å². The maximum Gasteiger partial charge on any atom is 0.238 e. The van der Waals surface area contributed by atoms with E-state index in [0.717, 1.165) is 48.8 Å². The van der Waals surface area contributed by atoms with E-state index in [1.807, 2.05) is 0 Å². The lowest BCUT2D eigenvalue weighted by atomic mass is 9.79. The van der Waals surface area contributed by atoms with E-state index in [2.05, 4.69) is 61.3 Å². The number of rotatable bonds is 10. The summed E-state index contributed by atoms with van der Waals surface area (Å²) in [6, 6.07) is 12.2. The highest BCUT2D eigenvalue weighted by Crippen LogP contribution is 2.49. The van der Waals surface area contributed by atoms with Gasteiger partial charge in [0.15, 0.2) is 12.8 Å². The van der Waals surface area contributed by atoms with Crippen molar-refractivity contribution in [1.82, 2.24) is 19.8 Å². The second kappa shape index (κ2) is 19.7. The Labute approximate surface area is 375 Å². The molecule has 0 N–H and O–H groups in total. The molecule has 4 aromatic rings. The van der Waals surface area contributed by atoms with Crippen LogP contribution in [0, 0.1) is 23.5 Å². The number of hydrogen-bond donors (Lipinski definition) is 0. The molecule has 0 amide bonds. The zero-order valence-corrected chi connectivity index (χ0v) is 38.2. The number of oxazole rings is 2. The summed E-state index contributed by atoms with van der Waals surface area (Å²) in [5.41, 5.74) is 1.85. The van der Waals surface area contributed by atoms with Crippen molar-refractivity contribution < 1.29 is 34.5 Å². The predicted molar refractivity (Wildman–Crippen MR) is 246 cm³/mol. The molecule has 12 nitrogen and oxygen atoms in total. The average molecular weight is 917 g/mol. The van der Waals surface area contributed by atoms with Gasteiger partial charge in [-0.05, 0) is 120 Å². The van der Waals surface area contributed by atoms with Crippen LogP contribution in [0.2, 0.25) is 0 Å². The molecule has 8 rings (SSSR count). The Morgan fingerprint density at radius 1 is 0.683 bits per heavy atom. The lowest BCUT2D eigenvalue weighted by Gasteiger charge is -2.47. The second-order valence-electron chi connectivity index (χ2n) is 18.8. The van der Waals surface area contributed by atoms with Crippen molar-refractivity contribution in [1.29, 1.82) is 0 Å². The summed E-state index contributed by atoms with van der Waals surface area (Å²) >= 11 is 0. The van der Waals surface area contributed by atoms with E-state index < -0.39 is 48.0 Å². The van der Waals surface area contributed by atoms with Gasteiger partial charge in [0.25, 0.3) is 0 Å². The van der Waals surface area contributed by atoms with E-state index in [-0.39, 0.29) is 32.7 Å². The van der Waals surface area contributed by atoms with Gasteiger partial charge in [0, 0.05) is 25.2 Å². The fourth-order valence-corrected chi connectivity index (χ4v) is 14.5. The number of halogens is 2. The van der Waals surface area contributed by atoms with Gasteiger partial charge in [-0.15, -0.1) is 0 Å². The van der Waals surface area contributed by atoms with Crippen molar-refractivity contribution in [2.24, 2.45) is 11.8 Å². The summed E-state index contributed by atoms with van der Waals surface area (Å²) in [4.78, 5) is 13.5. The molecule has 2 aromatic heterocycles. The molecule has 350 valence electrons. The summed E-state index contributed by atoms with van der Waals surface area (Å²) in [6.07, 6.45) is 8.72. The van der Waals surface area contributed by atoms with Crippen LogP contribution >= 0.6 is 0 Å². The second-order valence-corrected chi connectivity index (χ2v) is 22.9. The summed E-state index contributed by atoms with van der Waals surface area (Å²) in [5.74, 6) is 2.06. The monoisotopic (exact) mass is 916 g/mol. The molecule has 2 spiro atoms. The Hall–Kier alpha value is -3.86. The highest BCUT2D eigenvalue weighted by Gasteiger charge is 2.56. The smallest absolute Gasteiger partial charge is 0.238 e. The third-order valence-electron chi connectivity index (χ3n) is 13.2. The molecule has 0 bridgehead atoms. The standard InChI is InChI=1S/C23H32FN3O3S.C22H30FN3O3S.2CH4/c1-16(2)10-21-22(30-15-25-21)14-26-9-8-23(12-17(26)3)13-18(4)31(28,29)27(23)20-7-5-6-19(24)11-20;1-16(2)11-20-21(29-15-24-20)14-25-9-7-22(13-17(25)3)8-10-30(27,28)26(22)19-6-4-5-18(23)12-19;;/h5-7,11,15-18H,8-10,12-14H2,1-4H3;4-6,12,15-17H,7-11,13-14H2,1-3H3;2*1H4/t17-,18?,23+;17-,22-;;/m00../s1. The number of hydrogen-bond acceptors (Lipinski definition) is 10. The molecular formula is C47H70F2N6O6S2. The molecule has 4 aliphatic rings. The molecule has 63 heavy (non-hydrogen) atoms. The highest BCUT2D eigenvalue weighted by atomic mass is 32.2. The van der Waals surface area contributed by atoms with Gasteiger partial charge in [0.05, 0.1) is 57.9 Å². The summed E-state index contributed by atoms with van der Waals surface area (Å²) in [5, 5.41) is -0.485. The predicted octanol–water partition coefficient (Wildman–Crippen LogP) is 9.61. The third kappa shape index (κ3) is 10.5. The fourth-order valence-electron chi connectivity index (χ4n) is 10.3. The molecule has 5 atom stereocenters. The van der Waals surface area contributed by atoms with Crippen LogP contribution in [-0.4, -0.2) is 83.9 Å². The van der Waals surface area contributed by atoms with Gasteiger partial charge in [0.1, 0.15) is 23.2 Å². The first-order valence-electron chi connectivity index (χ1n) is 21.7. The first kappa shape index (κ1) is 50.1. The number of aromatic nitrogens is 2. The number of likely N-dealkylation sites (tertiary alicyclic amines) is 2. The Kier molecular flexibility index (Phi) is 15.7. The average Bonchev–Trinajstić information content (AvgIpc) is 3.90. The highest BCUT2D eigenvalue weighted by molar-refractivity contribution is 7.93. The van der Waals surface area contributed by atoms with E-state index in [4.69, 9.17) is 8.83 Å². The Morgan fingerprint density at radius 3 is 1.60 bits per heavy atom. The molecule has 2 aromatic carbocycles. The van der Waals surface area contributed by atoms with Crippen molar-refractivity contribution in [2.45, 2.75) is 156 Å². The lowest BCUT2D eigenvalue weighted by molar-refractivity contribution is 0.0934. The van der Waals surface area contributed by atoms with Crippen LogP contribution in [0.15, 0.2) is 70.2 Å². The first-order chi connectivity index (χ1) is 28.8. The molecule has 0 radical (unpaired) electrons. The van der Waals surface area contributed by atoms with E-state index in [0.29, 0.717) is 74.8 Å².